The second-order valence-electron chi connectivity index (χ2n) is 5.39. The fraction of sp³-hybridized carbons (Fsp3) is 0.111. The van der Waals surface area contributed by atoms with E-state index >= 15 is 0 Å². The summed E-state index contributed by atoms with van der Waals surface area (Å²) in [4.78, 5) is 16.5. The van der Waals surface area contributed by atoms with Crippen molar-refractivity contribution in [3.05, 3.63) is 65.2 Å². The Labute approximate surface area is 158 Å². The fourth-order valence-electron chi connectivity index (χ4n) is 2.24. The van der Waals surface area contributed by atoms with E-state index in [1.165, 1.54) is 6.33 Å². The molecule has 130 valence electrons. The molecule has 0 spiro atoms. The summed E-state index contributed by atoms with van der Waals surface area (Å²) in [5.74, 6) is 0.200. The van der Waals surface area contributed by atoms with Gasteiger partial charge in [-0.25, -0.2) is 9.67 Å². The Morgan fingerprint density at radius 2 is 2.08 bits per heavy atom. The minimum atomic E-state index is -0.731. The number of benzene rings is 2. The molecule has 1 amide bonds. The molecule has 7 nitrogen and oxygen atoms in total. The number of halogens is 1. The first-order valence-corrected chi connectivity index (χ1v) is 8.48. The van der Waals surface area contributed by atoms with Crippen LogP contribution < -0.4 is 10.1 Å². The fourth-order valence-corrected chi connectivity index (χ4v) is 2.60. The standard InChI is InChI=1S/C18H14BrN5O2/c1-12(26-15-5-2-13(9-20)3-6-15)18(25)23-16-8-14(19)4-7-17(16)24-11-21-10-22-24/h2-8,10-12H,1H3,(H,23,25). The summed E-state index contributed by atoms with van der Waals surface area (Å²) in [7, 11) is 0. The first-order valence-electron chi connectivity index (χ1n) is 7.69. The second-order valence-corrected chi connectivity index (χ2v) is 6.30. The van der Waals surface area contributed by atoms with E-state index < -0.39 is 6.10 Å². The minimum absolute atomic E-state index is 0.311. The molecule has 0 saturated heterocycles. The third-order valence-corrected chi connectivity index (χ3v) is 4.04. The van der Waals surface area contributed by atoms with Crippen molar-refractivity contribution in [2.24, 2.45) is 0 Å². The quantitative estimate of drug-likeness (QED) is 0.694. The number of hydrogen-bond donors (Lipinski definition) is 1. The summed E-state index contributed by atoms with van der Waals surface area (Å²) >= 11 is 3.40. The highest BCUT2D eigenvalue weighted by atomic mass is 79.9. The van der Waals surface area contributed by atoms with Crippen LogP contribution in [0.5, 0.6) is 5.75 Å². The summed E-state index contributed by atoms with van der Waals surface area (Å²) < 4.78 is 8.02. The third kappa shape index (κ3) is 4.07. The number of nitrogens with one attached hydrogen (secondary N) is 1. The first kappa shape index (κ1) is 17.6. The Hall–Kier alpha value is -3.18. The van der Waals surface area contributed by atoms with Crippen LogP contribution in [0.15, 0.2) is 59.6 Å². The molecule has 0 aliphatic rings. The maximum absolute atomic E-state index is 12.5. The number of hydrogen-bond acceptors (Lipinski definition) is 5. The van der Waals surface area contributed by atoms with Crippen LogP contribution in [0.3, 0.4) is 0 Å². The van der Waals surface area contributed by atoms with E-state index in [1.807, 2.05) is 18.2 Å². The number of anilines is 1. The van der Waals surface area contributed by atoms with Crippen molar-refractivity contribution in [1.29, 1.82) is 5.26 Å². The highest BCUT2D eigenvalue weighted by Gasteiger charge is 2.17. The molecule has 8 heteroatoms. The van der Waals surface area contributed by atoms with Crippen molar-refractivity contribution in [2.45, 2.75) is 13.0 Å². The lowest BCUT2D eigenvalue weighted by Crippen LogP contribution is -2.30. The molecule has 3 aromatic rings. The highest BCUT2D eigenvalue weighted by Crippen LogP contribution is 2.24. The van der Waals surface area contributed by atoms with Gasteiger partial charge in [-0.05, 0) is 49.4 Å². The summed E-state index contributed by atoms with van der Waals surface area (Å²) in [6, 6.07) is 14.1. The lowest BCUT2D eigenvalue weighted by atomic mass is 10.2. The molecule has 0 aliphatic heterocycles. The monoisotopic (exact) mass is 411 g/mol. The minimum Gasteiger partial charge on any atom is -0.481 e. The van der Waals surface area contributed by atoms with E-state index in [0.717, 1.165) is 4.47 Å². The number of nitriles is 1. The third-order valence-electron chi connectivity index (χ3n) is 3.55. The van der Waals surface area contributed by atoms with Gasteiger partial charge in [0, 0.05) is 4.47 Å². The van der Waals surface area contributed by atoms with Crippen LogP contribution in [0.4, 0.5) is 5.69 Å². The number of carbonyl (C=O) groups excluding carboxylic acids is 1. The Morgan fingerprint density at radius 3 is 2.73 bits per heavy atom. The number of aromatic nitrogens is 3. The van der Waals surface area contributed by atoms with Crippen LogP contribution in [0.2, 0.25) is 0 Å². The van der Waals surface area contributed by atoms with Crippen LogP contribution in [0, 0.1) is 11.3 Å². The molecule has 1 atom stereocenters. The van der Waals surface area contributed by atoms with Crippen molar-refractivity contribution in [3.63, 3.8) is 0 Å². The van der Waals surface area contributed by atoms with Crippen LogP contribution in [0.25, 0.3) is 5.69 Å². The molecule has 0 saturated carbocycles. The van der Waals surface area contributed by atoms with E-state index in [1.54, 1.807) is 48.3 Å². The first-order chi connectivity index (χ1) is 12.6. The van der Waals surface area contributed by atoms with E-state index in [2.05, 4.69) is 31.3 Å². The number of nitrogens with zero attached hydrogens (tertiary/aromatic N) is 4. The Balaban J connectivity index is 1.75. The van der Waals surface area contributed by atoms with Gasteiger partial charge in [0.25, 0.3) is 5.91 Å². The van der Waals surface area contributed by atoms with Gasteiger partial charge >= 0.3 is 0 Å². The predicted molar refractivity (Wildman–Crippen MR) is 98.9 cm³/mol. The second kappa shape index (κ2) is 7.80. The molecule has 0 radical (unpaired) electrons. The topological polar surface area (TPSA) is 92.8 Å². The van der Waals surface area contributed by atoms with Gasteiger partial charge < -0.3 is 10.1 Å². The average molecular weight is 412 g/mol. The zero-order chi connectivity index (χ0) is 18.5. The SMILES string of the molecule is CC(Oc1ccc(C#N)cc1)C(=O)Nc1cc(Br)ccc1-n1cncn1. The van der Waals surface area contributed by atoms with Crippen molar-refractivity contribution >= 4 is 27.5 Å². The van der Waals surface area contributed by atoms with Gasteiger partial charge in [-0.2, -0.15) is 10.4 Å². The lowest BCUT2D eigenvalue weighted by molar-refractivity contribution is -0.122. The maximum Gasteiger partial charge on any atom is 0.265 e. The van der Waals surface area contributed by atoms with Crippen molar-refractivity contribution < 1.29 is 9.53 Å². The van der Waals surface area contributed by atoms with E-state index in [-0.39, 0.29) is 5.91 Å². The average Bonchev–Trinajstić information content (AvgIpc) is 3.17. The molecule has 2 aromatic carbocycles. The predicted octanol–water partition coefficient (Wildman–Crippen LogP) is 3.31. The Kier molecular flexibility index (Phi) is 5.29. The summed E-state index contributed by atoms with van der Waals surface area (Å²) in [6.07, 6.45) is 2.24. The van der Waals surface area contributed by atoms with Crippen molar-refractivity contribution in [3.8, 4) is 17.5 Å². The molecular formula is C18H14BrN5O2. The van der Waals surface area contributed by atoms with Crippen molar-refractivity contribution in [2.75, 3.05) is 5.32 Å². The normalized spacial score (nSPS) is 11.4. The number of carbonyl (C=O) groups is 1. The zero-order valence-corrected chi connectivity index (χ0v) is 15.3. The highest BCUT2D eigenvalue weighted by molar-refractivity contribution is 9.10. The van der Waals surface area contributed by atoms with Gasteiger partial charge in [-0.3, -0.25) is 4.79 Å². The summed E-state index contributed by atoms with van der Waals surface area (Å²) in [5.41, 5.74) is 1.79. The molecule has 1 heterocycles. The summed E-state index contributed by atoms with van der Waals surface area (Å²) in [6.45, 7) is 1.65. The Morgan fingerprint density at radius 1 is 1.31 bits per heavy atom. The molecule has 0 fully saturated rings. The van der Waals surface area contributed by atoms with Gasteiger partial charge in [0.2, 0.25) is 0 Å². The van der Waals surface area contributed by atoms with Crippen LogP contribution >= 0.6 is 15.9 Å². The molecule has 1 N–H and O–H groups in total. The molecule has 1 unspecified atom stereocenters. The summed E-state index contributed by atoms with van der Waals surface area (Å²) in [5, 5.41) is 15.8. The molecule has 0 aliphatic carbocycles. The van der Waals surface area contributed by atoms with Gasteiger partial charge in [0.05, 0.1) is 23.0 Å². The molecule has 0 bridgehead atoms. The maximum atomic E-state index is 12.5. The van der Waals surface area contributed by atoms with Gasteiger partial charge in [-0.1, -0.05) is 15.9 Å². The zero-order valence-electron chi connectivity index (χ0n) is 13.8. The number of amides is 1. The molecule has 1 aromatic heterocycles. The lowest BCUT2D eigenvalue weighted by Gasteiger charge is -2.16. The number of ether oxygens (including phenoxy) is 1. The largest absolute Gasteiger partial charge is 0.481 e. The van der Waals surface area contributed by atoms with E-state index in [9.17, 15) is 4.79 Å². The molecular weight excluding hydrogens is 398 g/mol. The van der Waals surface area contributed by atoms with Gasteiger partial charge in [-0.15, -0.1) is 0 Å². The van der Waals surface area contributed by atoms with E-state index in [4.69, 9.17) is 10.00 Å². The molecule has 3 rings (SSSR count). The van der Waals surface area contributed by atoms with Crippen LogP contribution in [-0.4, -0.2) is 26.8 Å². The molecule has 26 heavy (non-hydrogen) atoms. The number of rotatable bonds is 5. The van der Waals surface area contributed by atoms with Gasteiger partial charge in [0.15, 0.2) is 6.10 Å². The van der Waals surface area contributed by atoms with Crippen LogP contribution in [-0.2, 0) is 4.79 Å². The van der Waals surface area contributed by atoms with Gasteiger partial charge in [0.1, 0.15) is 18.4 Å². The Bertz CT molecular complexity index is 949. The smallest absolute Gasteiger partial charge is 0.265 e. The van der Waals surface area contributed by atoms with Crippen molar-refractivity contribution in [1.82, 2.24) is 14.8 Å². The van der Waals surface area contributed by atoms with Crippen LogP contribution in [0.1, 0.15) is 12.5 Å². The van der Waals surface area contributed by atoms with E-state index in [0.29, 0.717) is 22.7 Å².